The van der Waals surface area contributed by atoms with Crippen molar-refractivity contribution in [1.82, 2.24) is 14.8 Å². The van der Waals surface area contributed by atoms with Crippen molar-refractivity contribution in [2.75, 3.05) is 7.11 Å². The first kappa shape index (κ1) is 9.67. The lowest BCUT2D eigenvalue weighted by molar-refractivity contribution is -0.0843. The molecule has 0 unspecified atom stereocenters. The van der Waals surface area contributed by atoms with Crippen molar-refractivity contribution in [1.29, 1.82) is 0 Å². The van der Waals surface area contributed by atoms with Crippen LogP contribution >= 0.6 is 12.2 Å². The number of aromatic amines is 2. The maximum Gasteiger partial charge on any atom is 0.342 e. The van der Waals surface area contributed by atoms with E-state index in [1.54, 1.807) is 7.11 Å². The predicted molar refractivity (Wildman–Crippen MR) is 53.8 cm³/mol. The first-order valence-corrected chi connectivity index (χ1v) is 5.00. The second-order valence-electron chi connectivity index (χ2n) is 3.69. The Morgan fingerprint density at radius 3 is 2.64 bits per heavy atom. The molecule has 2 N–H and O–H groups in total. The van der Waals surface area contributed by atoms with Gasteiger partial charge in [-0.2, -0.15) is 0 Å². The normalized spacial score (nSPS) is 19.2. The zero-order valence-electron chi connectivity index (χ0n) is 8.00. The Labute approximate surface area is 86.1 Å². The van der Waals surface area contributed by atoms with Crippen LogP contribution < -0.4 is 5.69 Å². The van der Waals surface area contributed by atoms with Gasteiger partial charge < -0.3 is 4.74 Å². The van der Waals surface area contributed by atoms with Crippen molar-refractivity contribution in [3.8, 4) is 0 Å². The van der Waals surface area contributed by atoms with Crippen LogP contribution in [-0.4, -0.2) is 27.5 Å². The maximum atomic E-state index is 11.3. The zero-order valence-corrected chi connectivity index (χ0v) is 8.82. The van der Waals surface area contributed by atoms with Crippen molar-refractivity contribution in [2.45, 2.75) is 31.4 Å². The zero-order chi connectivity index (χ0) is 10.2. The van der Waals surface area contributed by atoms with E-state index in [0.717, 1.165) is 19.3 Å². The monoisotopic (exact) mass is 215 g/mol. The Balaban J connectivity index is 2.26. The summed E-state index contributed by atoms with van der Waals surface area (Å²) < 4.78 is 7.36. The molecule has 0 bridgehead atoms. The average Bonchev–Trinajstić information content (AvgIpc) is 2.41. The van der Waals surface area contributed by atoms with E-state index >= 15 is 0 Å². The minimum Gasteiger partial charge on any atom is -0.376 e. The molecule has 0 saturated heterocycles. The number of hydrogen-bond donors (Lipinski definition) is 2. The Hall–Kier alpha value is -0.880. The van der Waals surface area contributed by atoms with E-state index < -0.39 is 0 Å². The first-order valence-electron chi connectivity index (χ1n) is 4.59. The molecule has 1 aliphatic carbocycles. The van der Waals surface area contributed by atoms with Crippen LogP contribution in [0.2, 0.25) is 0 Å². The van der Waals surface area contributed by atoms with Crippen LogP contribution in [0, 0.1) is 4.77 Å². The van der Waals surface area contributed by atoms with E-state index in [-0.39, 0.29) is 11.3 Å². The maximum absolute atomic E-state index is 11.3. The Morgan fingerprint density at radius 1 is 1.57 bits per heavy atom. The highest BCUT2D eigenvalue weighted by atomic mass is 32.1. The van der Waals surface area contributed by atoms with E-state index in [9.17, 15) is 4.79 Å². The quantitative estimate of drug-likeness (QED) is 0.733. The highest BCUT2D eigenvalue weighted by molar-refractivity contribution is 7.71. The molecule has 1 aromatic heterocycles. The standard InChI is InChI=1S/C8H13N3O2S/c1-13-8(3-2-4-8)5-11-6(12)9-10-7(11)14/h2-5H2,1H3,(H,9,12)(H,10,14). The van der Waals surface area contributed by atoms with Gasteiger partial charge in [-0.3, -0.25) is 9.67 Å². The van der Waals surface area contributed by atoms with Gasteiger partial charge in [0.1, 0.15) is 0 Å². The number of nitrogens with zero attached hydrogens (tertiary/aromatic N) is 1. The van der Waals surface area contributed by atoms with Crippen LogP contribution in [0.4, 0.5) is 0 Å². The molecular weight excluding hydrogens is 202 g/mol. The van der Waals surface area contributed by atoms with Crippen LogP contribution in [0.15, 0.2) is 4.79 Å². The third kappa shape index (κ3) is 1.44. The Bertz CT molecular complexity index is 393. The molecular formula is C8H13N3O2S. The fraction of sp³-hybridized carbons (Fsp3) is 0.750. The van der Waals surface area contributed by atoms with Crippen LogP contribution in [0.3, 0.4) is 0 Å². The number of nitrogens with one attached hydrogen (secondary N) is 2. The fourth-order valence-electron chi connectivity index (χ4n) is 1.76. The molecule has 2 rings (SSSR count). The van der Waals surface area contributed by atoms with Gasteiger partial charge >= 0.3 is 5.69 Å². The Kier molecular flexibility index (Phi) is 2.32. The molecule has 6 heteroatoms. The molecule has 0 radical (unpaired) electrons. The third-order valence-electron chi connectivity index (χ3n) is 2.91. The first-order chi connectivity index (χ1) is 6.67. The summed E-state index contributed by atoms with van der Waals surface area (Å²) in [4.78, 5) is 11.3. The largest absolute Gasteiger partial charge is 0.376 e. The van der Waals surface area contributed by atoms with Crippen molar-refractivity contribution in [2.24, 2.45) is 0 Å². The van der Waals surface area contributed by atoms with Crippen LogP contribution in [0.1, 0.15) is 19.3 Å². The molecule has 78 valence electrons. The summed E-state index contributed by atoms with van der Waals surface area (Å²) in [5.74, 6) is 0. The topological polar surface area (TPSA) is 62.8 Å². The molecule has 0 atom stereocenters. The molecule has 1 aliphatic rings. The van der Waals surface area contributed by atoms with Gasteiger partial charge in [0.2, 0.25) is 0 Å². The van der Waals surface area contributed by atoms with Crippen LogP contribution in [0.5, 0.6) is 0 Å². The summed E-state index contributed by atoms with van der Waals surface area (Å²) in [6, 6.07) is 0. The summed E-state index contributed by atoms with van der Waals surface area (Å²) in [6.07, 6.45) is 3.15. The van der Waals surface area contributed by atoms with Gasteiger partial charge in [0.15, 0.2) is 4.77 Å². The van der Waals surface area contributed by atoms with E-state index in [4.69, 9.17) is 17.0 Å². The van der Waals surface area contributed by atoms with E-state index in [1.807, 2.05) is 0 Å². The minimum absolute atomic E-state index is 0.173. The lowest BCUT2D eigenvalue weighted by atomic mass is 9.80. The van der Waals surface area contributed by atoms with Crippen LogP contribution in [0.25, 0.3) is 0 Å². The van der Waals surface area contributed by atoms with E-state index in [0.29, 0.717) is 11.3 Å². The number of rotatable bonds is 3. The second kappa shape index (κ2) is 3.36. The van der Waals surface area contributed by atoms with Gasteiger partial charge in [0, 0.05) is 7.11 Å². The van der Waals surface area contributed by atoms with Crippen molar-refractivity contribution < 1.29 is 4.74 Å². The number of aromatic nitrogens is 3. The summed E-state index contributed by atoms with van der Waals surface area (Å²) in [7, 11) is 1.68. The molecule has 1 aromatic rings. The summed E-state index contributed by atoms with van der Waals surface area (Å²) >= 11 is 4.98. The minimum atomic E-state index is -0.196. The lowest BCUT2D eigenvalue weighted by Crippen LogP contribution is -2.45. The SMILES string of the molecule is COC1(Cn2c(=O)[nH][nH]c2=S)CCC1. The number of ether oxygens (including phenoxy) is 1. The predicted octanol–water partition coefficient (Wildman–Crippen LogP) is 0.803. The Morgan fingerprint density at radius 2 is 2.29 bits per heavy atom. The fourth-order valence-corrected chi connectivity index (χ4v) is 1.96. The average molecular weight is 215 g/mol. The van der Waals surface area contributed by atoms with Gasteiger partial charge in [0.05, 0.1) is 12.1 Å². The van der Waals surface area contributed by atoms with Gasteiger partial charge in [-0.15, -0.1) is 0 Å². The van der Waals surface area contributed by atoms with Crippen LogP contribution in [-0.2, 0) is 11.3 Å². The molecule has 0 amide bonds. The highest BCUT2D eigenvalue weighted by Crippen LogP contribution is 2.36. The summed E-state index contributed by atoms with van der Waals surface area (Å²) in [5.41, 5.74) is -0.369. The number of methoxy groups -OCH3 is 1. The molecule has 1 fully saturated rings. The summed E-state index contributed by atoms with van der Waals surface area (Å²) in [5, 5.41) is 5.07. The van der Waals surface area contributed by atoms with E-state index in [1.165, 1.54) is 4.57 Å². The van der Waals surface area contributed by atoms with Crippen molar-refractivity contribution in [3.63, 3.8) is 0 Å². The molecule has 1 saturated carbocycles. The molecule has 0 spiro atoms. The van der Waals surface area contributed by atoms with E-state index in [2.05, 4.69) is 10.2 Å². The van der Waals surface area contributed by atoms with Crippen molar-refractivity contribution in [3.05, 3.63) is 15.3 Å². The molecule has 0 aromatic carbocycles. The van der Waals surface area contributed by atoms with Gasteiger partial charge in [-0.1, -0.05) is 0 Å². The number of hydrogen-bond acceptors (Lipinski definition) is 3. The van der Waals surface area contributed by atoms with Gasteiger partial charge in [-0.25, -0.2) is 9.89 Å². The smallest absolute Gasteiger partial charge is 0.342 e. The second-order valence-corrected chi connectivity index (χ2v) is 4.07. The molecule has 14 heavy (non-hydrogen) atoms. The molecule has 0 aliphatic heterocycles. The summed E-state index contributed by atoms with van der Waals surface area (Å²) in [6.45, 7) is 0.543. The lowest BCUT2D eigenvalue weighted by Gasteiger charge is -2.40. The third-order valence-corrected chi connectivity index (χ3v) is 3.23. The van der Waals surface area contributed by atoms with Gasteiger partial charge in [0.25, 0.3) is 0 Å². The number of H-pyrrole nitrogens is 2. The molecule has 5 nitrogen and oxygen atoms in total. The van der Waals surface area contributed by atoms with Crippen molar-refractivity contribution >= 4 is 12.2 Å². The van der Waals surface area contributed by atoms with Gasteiger partial charge in [-0.05, 0) is 31.5 Å². The molecule has 1 heterocycles. The highest BCUT2D eigenvalue weighted by Gasteiger charge is 2.37.